The zero-order valence-electron chi connectivity index (χ0n) is 12.5. The zero-order chi connectivity index (χ0) is 14.8. The van der Waals surface area contributed by atoms with Crippen LogP contribution in [0.1, 0.15) is 23.9 Å². The van der Waals surface area contributed by atoms with E-state index in [9.17, 15) is 0 Å². The van der Waals surface area contributed by atoms with Gasteiger partial charge in [-0.05, 0) is 30.5 Å². The van der Waals surface area contributed by atoms with Crippen molar-refractivity contribution in [1.82, 2.24) is 15.2 Å². The van der Waals surface area contributed by atoms with Crippen LogP contribution in [0.2, 0.25) is 0 Å². The van der Waals surface area contributed by atoms with E-state index in [4.69, 9.17) is 5.84 Å². The number of hydrogen-bond acceptors (Lipinski definition) is 4. The Morgan fingerprint density at radius 1 is 1.48 bits per heavy atom. The quantitative estimate of drug-likeness (QED) is 0.656. The van der Waals surface area contributed by atoms with Crippen molar-refractivity contribution in [3.63, 3.8) is 0 Å². The largest absolute Gasteiger partial charge is 0.272 e. The maximum absolute atomic E-state index is 5.83. The van der Waals surface area contributed by atoms with Crippen molar-refractivity contribution in [1.29, 1.82) is 0 Å². The van der Waals surface area contributed by atoms with Gasteiger partial charge in [-0.15, -0.1) is 11.8 Å². The minimum atomic E-state index is 0.252. The molecule has 3 rings (SSSR count). The zero-order valence-corrected chi connectivity index (χ0v) is 13.4. The predicted octanol–water partition coefficient (Wildman–Crippen LogP) is 2.07. The van der Waals surface area contributed by atoms with Crippen LogP contribution >= 0.6 is 11.8 Å². The second-order valence-corrected chi connectivity index (χ2v) is 6.83. The Bertz CT molecular complexity index is 597. The number of fused-ring (bicyclic) bond motifs is 1. The van der Waals surface area contributed by atoms with Crippen molar-refractivity contribution in [2.24, 2.45) is 12.9 Å². The van der Waals surface area contributed by atoms with Crippen LogP contribution in [0.4, 0.5) is 0 Å². The Labute approximate surface area is 130 Å². The Morgan fingerprint density at radius 3 is 2.95 bits per heavy atom. The van der Waals surface area contributed by atoms with E-state index in [1.165, 1.54) is 16.2 Å². The van der Waals surface area contributed by atoms with Crippen LogP contribution in [0.3, 0.4) is 0 Å². The average molecular weight is 302 g/mol. The van der Waals surface area contributed by atoms with E-state index in [1.807, 2.05) is 23.5 Å². The number of nitrogens with zero attached hydrogens (tertiary/aromatic N) is 2. The molecule has 5 heteroatoms. The number of benzene rings is 1. The molecule has 0 saturated carbocycles. The van der Waals surface area contributed by atoms with Gasteiger partial charge in [-0.3, -0.25) is 16.0 Å². The molecule has 1 aromatic heterocycles. The maximum atomic E-state index is 5.83. The molecule has 2 atom stereocenters. The van der Waals surface area contributed by atoms with Gasteiger partial charge in [0.25, 0.3) is 0 Å². The number of hydrogen-bond donors (Lipinski definition) is 2. The van der Waals surface area contributed by atoms with E-state index < -0.39 is 0 Å². The first-order valence-electron chi connectivity index (χ1n) is 7.43. The van der Waals surface area contributed by atoms with Crippen LogP contribution in [-0.2, 0) is 26.3 Å². The molecular formula is C16H22N4S. The van der Waals surface area contributed by atoms with E-state index in [-0.39, 0.29) is 6.04 Å². The van der Waals surface area contributed by atoms with Crippen molar-refractivity contribution in [3.8, 4) is 0 Å². The SMILES string of the molecule is CCc1cc(CC(NN)C2Cc3ccccc3S2)n(C)n1. The molecule has 21 heavy (non-hydrogen) atoms. The number of hydrazine groups is 1. The van der Waals surface area contributed by atoms with Gasteiger partial charge in [-0.25, -0.2) is 0 Å². The minimum absolute atomic E-state index is 0.252. The normalized spacial score (nSPS) is 18.7. The number of thioether (sulfide) groups is 1. The first-order valence-corrected chi connectivity index (χ1v) is 8.31. The van der Waals surface area contributed by atoms with Crippen LogP contribution in [0, 0.1) is 0 Å². The molecule has 0 aliphatic carbocycles. The van der Waals surface area contributed by atoms with Crippen LogP contribution in [0.15, 0.2) is 35.2 Å². The summed E-state index contributed by atoms with van der Waals surface area (Å²) in [7, 11) is 2.01. The highest BCUT2D eigenvalue weighted by molar-refractivity contribution is 8.00. The van der Waals surface area contributed by atoms with Gasteiger partial charge in [-0.2, -0.15) is 5.10 Å². The number of nitrogens with two attached hydrogens (primary N) is 1. The topological polar surface area (TPSA) is 55.9 Å². The molecule has 2 heterocycles. The Balaban J connectivity index is 1.73. The molecule has 0 amide bonds. The fourth-order valence-corrected chi connectivity index (χ4v) is 4.28. The van der Waals surface area contributed by atoms with E-state index in [0.29, 0.717) is 5.25 Å². The van der Waals surface area contributed by atoms with Crippen molar-refractivity contribution < 1.29 is 0 Å². The molecule has 1 aliphatic heterocycles. The Hall–Kier alpha value is -1.30. The Kier molecular flexibility index (Phi) is 4.33. The highest BCUT2D eigenvalue weighted by atomic mass is 32.2. The average Bonchev–Trinajstić information content (AvgIpc) is 3.07. The third-order valence-corrected chi connectivity index (χ3v) is 5.60. The second kappa shape index (κ2) is 6.22. The molecular weight excluding hydrogens is 280 g/mol. The van der Waals surface area contributed by atoms with Crippen molar-refractivity contribution in [3.05, 3.63) is 47.3 Å². The molecule has 3 N–H and O–H groups in total. The smallest absolute Gasteiger partial charge is 0.0624 e. The molecule has 1 aromatic carbocycles. The summed E-state index contributed by atoms with van der Waals surface area (Å²) in [6.07, 6.45) is 2.96. The number of nitrogens with one attached hydrogen (secondary N) is 1. The maximum Gasteiger partial charge on any atom is 0.0624 e. The van der Waals surface area contributed by atoms with Gasteiger partial charge in [-0.1, -0.05) is 25.1 Å². The van der Waals surface area contributed by atoms with Gasteiger partial charge in [0.05, 0.1) is 5.69 Å². The van der Waals surface area contributed by atoms with Crippen molar-refractivity contribution >= 4 is 11.8 Å². The Morgan fingerprint density at radius 2 is 2.29 bits per heavy atom. The van der Waals surface area contributed by atoms with Crippen LogP contribution in [0.5, 0.6) is 0 Å². The van der Waals surface area contributed by atoms with Gasteiger partial charge in [0.15, 0.2) is 0 Å². The summed E-state index contributed by atoms with van der Waals surface area (Å²) in [5.41, 5.74) is 6.84. The van der Waals surface area contributed by atoms with Crippen molar-refractivity contribution in [2.75, 3.05) is 0 Å². The lowest BCUT2D eigenvalue weighted by Gasteiger charge is -2.21. The second-order valence-electron chi connectivity index (χ2n) is 5.55. The van der Waals surface area contributed by atoms with Crippen LogP contribution in [0.25, 0.3) is 0 Å². The van der Waals surface area contributed by atoms with Gasteiger partial charge < -0.3 is 0 Å². The number of rotatable bonds is 5. The summed E-state index contributed by atoms with van der Waals surface area (Å²) >= 11 is 1.93. The lowest BCUT2D eigenvalue weighted by atomic mass is 10.0. The van der Waals surface area contributed by atoms with Gasteiger partial charge in [0.1, 0.15) is 0 Å². The molecule has 2 aromatic rings. The number of aryl methyl sites for hydroxylation is 2. The van der Waals surface area contributed by atoms with Crippen LogP contribution < -0.4 is 11.3 Å². The van der Waals surface area contributed by atoms with E-state index in [2.05, 4.69) is 47.8 Å². The van der Waals surface area contributed by atoms with Gasteiger partial charge in [0.2, 0.25) is 0 Å². The molecule has 0 radical (unpaired) electrons. The monoisotopic (exact) mass is 302 g/mol. The van der Waals surface area contributed by atoms with Gasteiger partial charge >= 0.3 is 0 Å². The third kappa shape index (κ3) is 3.00. The fraction of sp³-hybridized carbons (Fsp3) is 0.438. The number of aromatic nitrogens is 2. The molecule has 0 fully saturated rings. The predicted molar refractivity (Wildman–Crippen MR) is 87.2 cm³/mol. The summed E-state index contributed by atoms with van der Waals surface area (Å²) < 4.78 is 1.98. The lowest BCUT2D eigenvalue weighted by Crippen LogP contribution is -2.44. The van der Waals surface area contributed by atoms with E-state index in [1.54, 1.807) is 0 Å². The first kappa shape index (κ1) is 14.6. The molecule has 2 unspecified atom stereocenters. The highest BCUT2D eigenvalue weighted by Crippen LogP contribution is 2.38. The first-order chi connectivity index (χ1) is 10.2. The molecule has 0 saturated heterocycles. The summed E-state index contributed by atoms with van der Waals surface area (Å²) in [5.74, 6) is 5.83. The molecule has 112 valence electrons. The van der Waals surface area contributed by atoms with E-state index in [0.717, 1.165) is 25.0 Å². The summed E-state index contributed by atoms with van der Waals surface area (Å²) in [4.78, 5) is 1.39. The van der Waals surface area contributed by atoms with Crippen molar-refractivity contribution in [2.45, 2.75) is 42.4 Å². The molecule has 4 nitrogen and oxygen atoms in total. The summed E-state index contributed by atoms with van der Waals surface area (Å²) in [5, 5.41) is 5.00. The fourth-order valence-electron chi connectivity index (χ4n) is 2.89. The van der Waals surface area contributed by atoms with Crippen LogP contribution in [-0.4, -0.2) is 21.1 Å². The molecule has 1 aliphatic rings. The minimum Gasteiger partial charge on any atom is -0.272 e. The molecule has 0 spiro atoms. The molecule has 0 bridgehead atoms. The highest BCUT2D eigenvalue weighted by Gasteiger charge is 2.29. The van der Waals surface area contributed by atoms with E-state index >= 15 is 0 Å². The summed E-state index contributed by atoms with van der Waals surface area (Å²) in [6.45, 7) is 2.13. The third-order valence-electron chi connectivity index (χ3n) is 4.15. The summed E-state index contributed by atoms with van der Waals surface area (Å²) in [6, 6.07) is 11.1. The van der Waals surface area contributed by atoms with Gasteiger partial charge in [0, 0.05) is 35.3 Å². The lowest BCUT2D eigenvalue weighted by molar-refractivity contribution is 0.491. The standard InChI is InChI=1S/C16H22N4S/c1-3-12-9-13(20(2)19-12)10-14(18-17)16-8-11-6-4-5-7-15(11)21-16/h4-7,9,14,16,18H,3,8,10,17H2,1-2H3.